The van der Waals surface area contributed by atoms with Crippen molar-refractivity contribution in [1.29, 1.82) is 0 Å². The van der Waals surface area contributed by atoms with Crippen LogP contribution in [0.15, 0.2) is 0 Å². The number of carboxylic acid groups (broad SMARTS) is 3. The van der Waals surface area contributed by atoms with Gasteiger partial charge in [-0.2, -0.15) is 24.4 Å². The number of rotatable bonds is 15. The van der Waals surface area contributed by atoms with Crippen LogP contribution in [-0.2, 0) is 28.8 Å². The highest BCUT2D eigenvalue weighted by molar-refractivity contribution is 7.98. The number of nitrogens with one attached hydrogen (secondary N) is 3. The second kappa shape index (κ2) is 14.5. The Morgan fingerprint density at radius 3 is 1.77 bits per heavy atom. The molecule has 0 rings (SSSR count). The molecule has 0 saturated heterocycles. The maximum absolute atomic E-state index is 12.6. The number of carbonyl (C=O) groups is 6. The summed E-state index contributed by atoms with van der Waals surface area (Å²) in [5.74, 6) is -6.78. The van der Waals surface area contributed by atoms with E-state index in [0.717, 1.165) is 0 Å². The van der Waals surface area contributed by atoms with Crippen molar-refractivity contribution in [1.82, 2.24) is 16.0 Å². The van der Waals surface area contributed by atoms with E-state index in [0.29, 0.717) is 5.75 Å². The average Bonchev–Trinajstić information content (AvgIpc) is 2.67. The zero-order valence-electron chi connectivity index (χ0n) is 16.6. The molecule has 0 aliphatic rings. The third-order valence-corrected chi connectivity index (χ3v) is 4.79. The fraction of sp³-hybridized carbons (Fsp3) is 0.625. The highest BCUT2D eigenvalue weighted by atomic mass is 32.2. The minimum absolute atomic E-state index is 0.135. The van der Waals surface area contributed by atoms with Crippen molar-refractivity contribution in [3.8, 4) is 0 Å². The van der Waals surface area contributed by atoms with Gasteiger partial charge in [0.15, 0.2) is 0 Å². The molecule has 0 radical (unpaired) electrons. The normalized spacial score (nSPS) is 14.4. The van der Waals surface area contributed by atoms with Gasteiger partial charge in [-0.1, -0.05) is 0 Å². The third kappa shape index (κ3) is 11.4. The van der Waals surface area contributed by atoms with Gasteiger partial charge in [0, 0.05) is 5.75 Å². The summed E-state index contributed by atoms with van der Waals surface area (Å²) in [5.41, 5.74) is 5.48. The summed E-state index contributed by atoms with van der Waals surface area (Å²) in [6.07, 6.45) is 0.369. The van der Waals surface area contributed by atoms with Crippen molar-refractivity contribution in [3.63, 3.8) is 0 Å². The standard InChI is InChI=1S/C16H26N4O9S2/c1-31-3-2-8(18-13(25)7(17)4-11(21)22)14(26)20-10(6-30)15(27)19-9(16(28)29)5-12(23)24/h7-10,30H,2-6,17H2,1H3,(H,18,25)(H,19,27)(H,20,26)(H,21,22)(H,23,24)(H,28,29). The van der Waals surface area contributed by atoms with Gasteiger partial charge in [-0.15, -0.1) is 0 Å². The highest BCUT2D eigenvalue weighted by Gasteiger charge is 2.30. The number of thioether (sulfide) groups is 1. The lowest BCUT2D eigenvalue weighted by Gasteiger charge is -2.24. The van der Waals surface area contributed by atoms with Gasteiger partial charge < -0.3 is 37.0 Å². The fourth-order valence-electron chi connectivity index (χ4n) is 2.18. The second-order valence-electron chi connectivity index (χ2n) is 6.29. The molecule has 3 amide bonds. The first-order valence-corrected chi connectivity index (χ1v) is 10.9. The number of thiol groups is 1. The number of carbonyl (C=O) groups excluding carboxylic acids is 3. The van der Waals surface area contributed by atoms with Crippen LogP contribution in [0.25, 0.3) is 0 Å². The Labute approximate surface area is 187 Å². The molecule has 0 aliphatic heterocycles. The molecule has 0 aromatic heterocycles. The zero-order valence-corrected chi connectivity index (χ0v) is 18.3. The van der Waals surface area contributed by atoms with E-state index in [1.807, 2.05) is 5.32 Å². The molecule has 4 atom stereocenters. The van der Waals surface area contributed by atoms with Crippen LogP contribution in [0.2, 0.25) is 0 Å². The smallest absolute Gasteiger partial charge is 0.326 e. The molecule has 15 heteroatoms. The Bertz CT molecular complexity index is 692. The van der Waals surface area contributed by atoms with Gasteiger partial charge >= 0.3 is 17.9 Å². The molecule has 31 heavy (non-hydrogen) atoms. The molecule has 4 unspecified atom stereocenters. The van der Waals surface area contributed by atoms with E-state index < -0.39 is 72.6 Å². The number of hydrogen-bond acceptors (Lipinski definition) is 9. The van der Waals surface area contributed by atoms with Gasteiger partial charge in [-0.3, -0.25) is 24.0 Å². The highest BCUT2D eigenvalue weighted by Crippen LogP contribution is 2.04. The van der Waals surface area contributed by atoms with E-state index >= 15 is 0 Å². The monoisotopic (exact) mass is 482 g/mol. The summed E-state index contributed by atoms with van der Waals surface area (Å²) in [4.78, 5) is 69.5. The fourth-order valence-corrected chi connectivity index (χ4v) is 2.91. The first-order valence-electron chi connectivity index (χ1n) is 8.85. The molecule has 0 fully saturated rings. The van der Waals surface area contributed by atoms with Crippen molar-refractivity contribution < 1.29 is 44.1 Å². The van der Waals surface area contributed by atoms with E-state index in [2.05, 4.69) is 23.3 Å². The molecule has 0 bridgehead atoms. The van der Waals surface area contributed by atoms with E-state index in [1.165, 1.54) is 11.8 Å². The lowest BCUT2D eigenvalue weighted by atomic mass is 10.1. The molecule has 0 aromatic carbocycles. The minimum atomic E-state index is -1.72. The number of hydrogen-bond donors (Lipinski definition) is 8. The van der Waals surface area contributed by atoms with Crippen LogP contribution in [0, 0.1) is 0 Å². The van der Waals surface area contributed by atoms with Crippen LogP contribution in [0.1, 0.15) is 19.3 Å². The molecular weight excluding hydrogens is 456 g/mol. The molecule has 0 heterocycles. The molecule has 13 nitrogen and oxygen atoms in total. The van der Waals surface area contributed by atoms with E-state index in [9.17, 15) is 28.8 Å². The van der Waals surface area contributed by atoms with Crippen molar-refractivity contribution >= 4 is 60.0 Å². The van der Waals surface area contributed by atoms with E-state index in [4.69, 9.17) is 21.1 Å². The third-order valence-electron chi connectivity index (χ3n) is 3.78. The number of nitrogens with two attached hydrogens (primary N) is 1. The van der Waals surface area contributed by atoms with E-state index in [1.54, 1.807) is 6.26 Å². The quantitative estimate of drug-likeness (QED) is 0.114. The van der Waals surface area contributed by atoms with Crippen LogP contribution in [-0.4, -0.2) is 92.9 Å². The summed E-state index contributed by atoms with van der Waals surface area (Å²) in [6, 6.07) is -5.58. The minimum Gasteiger partial charge on any atom is -0.481 e. The topological polar surface area (TPSA) is 225 Å². The van der Waals surface area contributed by atoms with E-state index in [-0.39, 0.29) is 12.2 Å². The predicted octanol–water partition coefficient (Wildman–Crippen LogP) is -2.51. The Morgan fingerprint density at radius 1 is 0.839 bits per heavy atom. The van der Waals surface area contributed by atoms with Crippen molar-refractivity contribution in [2.45, 2.75) is 43.4 Å². The summed E-state index contributed by atoms with van der Waals surface area (Å²) in [5, 5.41) is 33.1. The lowest BCUT2D eigenvalue weighted by Crippen LogP contribution is -2.58. The van der Waals surface area contributed by atoms with Crippen LogP contribution in [0.4, 0.5) is 0 Å². The largest absolute Gasteiger partial charge is 0.481 e. The number of aliphatic carboxylic acids is 3. The van der Waals surface area contributed by atoms with Gasteiger partial charge in [-0.05, 0) is 18.4 Å². The van der Waals surface area contributed by atoms with Gasteiger partial charge in [0.05, 0.1) is 18.9 Å². The Balaban J connectivity index is 5.22. The number of amides is 3. The van der Waals surface area contributed by atoms with Crippen LogP contribution in [0.5, 0.6) is 0 Å². The Hall–Kier alpha value is -2.52. The number of carboxylic acids is 3. The van der Waals surface area contributed by atoms with Crippen molar-refractivity contribution in [3.05, 3.63) is 0 Å². The first kappa shape index (κ1) is 28.5. The summed E-state index contributed by atoms with van der Waals surface area (Å²) >= 11 is 5.31. The average molecular weight is 483 g/mol. The molecule has 0 saturated carbocycles. The van der Waals surface area contributed by atoms with Crippen LogP contribution >= 0.6 is 24.4 Å². The maximum atomic E-state index is 12.6. The molecule has 0 aromatic rings. The van der Waals surface area contributed by atoms with Gasteiger partial charge in [0.1, 0.15) is 18.1 Å². The molecule has 0 aliphatic carbocycles. The molecular formula is C16H26N4O9S2. The van der Waals surface area contributed by atoms with Crippen molar-refractivity contribution in [2.75, 3.05) is 17.8 Å². The molecule has 176 valence electrons. The zero-order chi connectivity index (χ0) is 24.1. The Kier molecular flexibility index (Phi) is 13.3. The summed E-state index contributed by atoms with van der Waals surface area (Å²) in [7, 11) is 0. The van der Waals surface area contributed by atoms with Gasteiger partial charge in [0.25, 0.3) is 0 Å². The summed E-state index contributed by atoms with van der Waals surface area (Å²) in [6.45, 7) is 0. The maximum Gasteiger partial charge on any atom is 0.326 e. The first-order chi connectivity index (χ1) is 14.4. The predicted molar refractivity (Wildman–Crippen MR) is 113 cm³/mol. The molecule has 8 N–H and O–H groups in total. The van der Waals surface area contributed by atoms with Crippen LogP contribution < -0.4 is 21.7 Å². The van der Waals surface area contributed by atoms with Gasteiger partial charge in [-0.25, -0.2) is 4.79 Å². The van der Waals surface area contributed by atoms with Gasteiger partial charge in [0.2, 0.25) is 17.7 Å². The lowest BCUT2D eigenvalue weighted by molar-refractivity contribution is -0.147. The van der Waals surface area contributed by atoms with Crippen LogP contribution in [0.3, 0.4) is 0 Å². The Morgan fingerprint density at radius 2 is 1.32 bits per heavy atom. The molecule has 0 spiro atoms. The summed E-state index contributed by atoms with van der Waals surface area (Å²) < 4.78 is 0. The SMILES string of the molecule is CSCCC(NC(=O)C(N)CC(=O)O)C(=O)NC(CS)C(=O)NC(CC(=O)O)C(=O)O. The van der Waals surface area contributed by atoms with Crippen molar-refractivity contribution in [2.24, 2.45) is 5.73 Å². The second-order valence-corrected chi connectivity index (χ2v) is 7.64.